The Morgan fingerprint density at radius 3 is 3.04 bits per heavy atom. The molecular weight excluding hydrogens is 340 g/mol. The van der Waals surface area contributed by atoms with E-state index in [0.717, 1.165) is 37.0 Å². The number of amides is 2. The minimum absolute atomic E-state index is 0.0293. The number of nitrogens with zero attached hydrogens (tertiary/aromatic N) is 1. The van der Waals surface area contributed by atoms with E-state index in [9.17, 15) is 9.59 Å². The van der Waals surface area contributed by atoms with Crippen molar-refractivity contribution in [1.82, 2.24) is 10.2 Å². The highest BCUT2D eigenvalue weighted by Gasteiger charge is 2.36. The van der Waals surface area contributed by atoms with Crippen LogP contribution in [0.5, 0.6) is 5.75 Å². The lowest BCUT2D eigenvalue weighted by atomic mass is 9.96. The number of benzene rings is 1. The summed E-state index contributed by atoms with van der Waals surface area (Å²) in [6.07, 6.45) is 3.76. The predicted octanol–water partition coefficient (Wildman–Crippen LogP) is 2.80. The molecule has 0 radical (unpaired) electrons. The molecule has 2 aliphatic heterocycles. The molecule has 2 unspecified atom stereocenters. The van der Waals surface area contributed by atoms with E-state index in [1.165, 1.54) is 0 Å². The number of piperidine rings is 1. The third kappa shape index (κ3) is 4.27. The molecule has 1 saturated heterocycles. The van der Waals surface area contributed by atoms with Crippen LogP contribution >= 0.6 is 11.6 Å². The summed E-state index contributed by atoms with van der Waals surface area (Å²) < 4.78 is 5.80. The summed E-state index contributed by atoms with van der Waals surface area (Å²) in [4.78, 5) is 26.9. The fraction of sp³-hybridized carbons (Fsp3) is 0.579. The zero-order chi connectivity index (χ0) is 17.8. The molecule has 2 heterocycles. The van der Waals surface area contributed by atoms with E-state index in [4.69, 9.17) is 16.3 Å². The van der Waals surface area contributed by atoms with Crippen molar-refractivity contribution in [3.05, 3.63) is 28.8 Å². The predicted molar refractivity (Wildman–Crippen MR) is 96.8 cm³/mol. The normalized spacial score (nSPS) is 22.2. The Balaban J connectivity index is 1.57. The van der Waals surface area contributed by atoms with Crippen LogP contribution in [0.3, 0.4) is 0 Å². The SMILES string of the molecule is CCCCNC(=O)C1CCCN(C(=O)C2Cc3cc(Cl)ccc3O2)C1. The van der Waals surface area contributed by atoms with Crippen LogP contribution in [0.25, 0.3) is 0 Å². The Kier molecular flexibility index (Phi) is 5.84. The van der Waals surface area contributed by atoms with Gasteiger partial charge < -0.3 is 15.0 Å². The maximum atomic E-state index is 12.8. The lowest BCUT2D eigenvalue weighted by Gasteiger charge is -2.33. The molecule has 25 heavy (non-hydrogen) atoms. The molecule has 6 heteroatoms. The van der Waals surface area contributed by atoms with Gasteiger partial charge in [-0.1, -0.05) is 24.9 Å². The van der Waals surface area contributed by atoms with Gasteiger partial charge in [0, 0.05) is 31.1 Å². The lowest BCUT2D eigenvalue weighted by Crippen LogP contribution is -2.49. The van der Waals surface area contributed by atoms with E-state index >= 15 is 0 Å². The maximum Gasteiger partial charge on any atom is 0.264 e. The molecule has 2 atom stereocenters. The minimum Gasteiger partial charge on any atom is -0.480 e. The van der Waals surface area contributed by atoms with Crippen molar-refractivity contribution >= 4 is 23.4 Å². The van der Waals surface area contributed by atoms with Crippen LogP contribution in [0.4, 0.5) is 0 Å². The number of ether oxygens (including phenoxy) is 1. The standard InChI is InChI=1S/C19H25ClN2O3/c1-2-3-8-21-18(23)13-5-4-9-22(12-13)19(24)17-11-14-10-15(20)6-7-16(14)25-17/h6-7,10,13,17H,2-5,8-9,11-12H2,1H3,(H,21,23). The molecule has 0 aliphatic carbocycles. The highest BCUT2D eigenvalue weighted by atomic mass is 35.5. The summed E-state index contributed by atoms with van der Waals surface area (Å²) in [6.45, 7) is 3.98. The summed E-state index contributed by atoms with van der Waals surface area (Å²) in [7, 11) is 0. The van der Waals surface area contributed by atoms with Gasteiger partial charge >= 0.3 is 0 Å². The molecule has 1 aromatic carbocycles. The molecule has 0 saturated carbocycles. The van der Waals surface area contributed by atoms with Crippen molar-refractivity contribution < 1.29 is 14.3 Å². The van der Waals surface area contributed by atoms with Gasteiger partial charge in [-0.3, -0.25) is 9.59 Å². The third-order valence-corrected chi connectivity index (χ3v) is 5.14. The first-order valence-electron chi connectivity index (χ1n) is 9.10. The van der Waals surface area contributed by atoms with Gasteiger partial charge in [-0.15, -0.1) is 0 Å². The number of rotatable bonds is 5. The largest absolute Gasteiger partial charge is 0.480 e. The lowest BCUT2D eigenvalue weighted by molar-refractivity contribution is -0.141. The molecule has 5 nitrogen and oxygen atoms in total. The van der Waals surface area contributed by atoms with Crippen LogP contribution in [0.2, 0.25) is 5.02 Å². The van der Waals surface area contributed by atoms with Crippen LogP contribution < -0.4 is 10.1 Å². The average molecular weight is 365 g/mol. The van der Waals surface area contributed by atoms with Crippen LogP contribution in [-0.2, 0) is 16.0 Å². The molecule has 0 spiro atoms. The van der Waals surface area contributed by atoms with Crippen LogP contribution in [-0.4, -0.2) is 42.5 Å². The van der Waals surface area contributed by atoms with Crippen molar-refractivity contribution in [2.75, 3.05) is 19.6 Å². The number of carbonyl (C=O) groups is 2. The first kappa shape index (κ1) is 18.1. The van der Waals surface area contributed by atoms with Crippen molar-refractivity contribution in [1.29, 1.82) is 0 Å². The van der Waals surface area contributed by atoms with E-state index in [1.807, 2.05) is 12.1 Å². The number of nitrogens with one attached hydrogen (secondary N) is 1. The second-order valence-electron chi connectivity index (χ2n) is 6.83. The Labute approximate surface area is 153 Å². The van der Waals surface area contributed by atoms with Crippen LogP contribution in [0.15, 0.2) is 18.2 Å². The first-order chi connectivity index (χ1) is 12.1. The van der Waals surface area contributed by atoms with E-state index in [2.05, 4.69) is 12.2 Å². The molecule has 1 fully saturated rings. The van der Waals surface area contributed by atoms with Crippen LogP contribution in [0.1, 0.15) is 38.2 Å². The molecule has 1 aromatic rings. The molecule has 3 rings (SSSR count). The summed E-state index contributed by atoms with van der Waals surface area (Å²) >= 11 is 6.01. The van der Waals surface area contributed by atoms with Gasteiger partial charge in [-0.25, -0.2) is 0 Å². The fourth-order valence-electron chi connectivity index (χ4n) is 3.48. The number of carbonyl (C=O) groups excluding carboxylic acids is 2. The summed E-state index contributed by atoms with van der Waals surface area (Å²) in [6, 6.07) is 5.43. The molecule has 0 bridgehead atoms. The number of likely N-dealkylation sites (tertiary alicyclic amines) is 1. The van der Waals surface area contributed by atoms with Gasteiger partial charge in [0.05, 0.1) is 5.92 Å². The number of halogens is 1. The zero-order valence-electron chi connectivity index (χ0n) is 14.6. The van der Waals surface area contributed by atoms with Crippen molar-refractivity contribution in [3.63, 3.8) is 0 Å². The highest BCUT2D eigenvalue weighted by molar-refractivity contribution is 6.30. The van der Waals surface area contributed by atoms with Crippen molar-refractivity contribution in [2.45, 2.75) is 45.1 Å². The van der Waals surface area contributed by atoms with E-state index in [0.29, 0.717) is 31.1 Å². The van der Waals surface area contributed by atoms with Crippen molar-refractivity contribution in [2.24, 2.45) is 5.92 Å². The third-order valence-electron chi connectivity index (χ3n) is 4.91. The summed E-state index contributed by atoms with van der Waals surface area (Å²) in [5, 5.41) is 3.63. The fourth-order valence-corrected chi connectivity index (χ4v) is 3.68. The van der Waals surface area contributed by atoms with Gasteiger partial charge in [0.25, 0.3) is 5.91 Å². The number of fused-ring (bicyclic) bond motifs is 1. The van der Waals surface area contributed by atoms with Crippen LogP contribution in [0, 0.1) is 5.92 Å². The Hall–Kier alpha value is -1.75. The summed E-state index contributed by atoms with van der Waals surface area (Å²) in [5.41, 5.74) is 0.969. The Bertz CT molecular complexity index is 650. The molecule has 1 N–H and O–H groups in total. The monoisotopic (exact) mass is 364 g/mol. The Morgan fingerprint density at radius 1 is 1.40 bits per heavy atom. The Morgan fingerprint density at radius 2 is 2.24 bits per heavy atom. The summed E-state index contributed by atoms with van der Waals surface area (Å²) in [5.74, 6) is 0.646. The van der Waals surface area contributed by atoms with Gasteiger partial charge in [-0.2, -0.15) is 0 Å². The zero-order valence-corrected chi connectivity index (χ0v) is 15.3. The van der Waals surface area contributed by atoms with Crippen molar-refractivity contribution in [3.8, 4) is 5.75 Å². The molecule has 2 amide bonds. The molecule has 2 aliphatic rings. The second-order valence-corrected chi connectivity index (χ2v) is 7.27. The number of hydrogen-bond donors (Lipinski definition) is 1. The minimum atomic E-state index is -0.504. The highest BCUT2D eigenvalue weighted by Crippen LogP contribution is 2.32. The molecule has 0 aromatic heterocycles. The van der Waals surface area contributed by atoms with Gasteiger partial charge in [0.1, 0.15) is 5.75 Å². The number of unbranched alkanes of at least 4 members (excludes halogenated alkanes) is 1. The van der Waals surface area contributed by atoms with Gasteiger partial charge in [-0.05, 0) is 43.0 Å². The smallest absolute Gasteiger partial charge is 0.264 e. The van der Waals surface area contributed by atoms with E-state index < -0.39 is 6.10 Å². The number of hydrogen-bond acceptors (Lipinski definition) is 3. The van der Waals surface area contributed by atoms with Gasteiger partial charge in [0.2, 0.25) is 5.91 Å². The average Bonchev–Trinajstić information content (AvgIpc) is 3.04. The topological polar surface area (TPSA) is 58.6 Å². The van der Waals surface area contributed by atoms with E-state index in [1.54, 1.807) is 11.0 Å². The quantitative estimate of drug-likeness (QED) is 0.817. The molecular formula is C19H25ClN2O3. The first-order valence-corrected chi connectivity index (χ1v) is 9.48. The maximum absolute atomic E-state index is 12.8. The molecule has 136 valence electrons. The van der Waals surface area contributed by atoms with E-state index in [-0.39, 0.29) is 17.7 Å². The second kappa shape index (κ2) is 8.09. The van der Waals surface area contributed by atoms with Gasteiger partial charge in [0.15, 0.2) is 6.10 Å².